The average Bonchev–Trinajstić information content (AvgIpc) is 3.23. The van der Waals surface area contributed by atoms with Crippen molar-refractivity contribution in [3.8, 4) is 0 Å². The van der Waals surface area contributed by atoms with Gasteiger partial charge in [0.2, 0.25) is 5.72 Å². The number of benzene rings is 2. The third-order valence-corrected chi connectivity index (χ3v) is 5.17. The van der Waals surface area contributed by atoms with Crippen molar-refractivity contribution < 1.29 is 29.0 Å². The number of H-pyrrole nitrogens is 1. The largest absolute Gasteiger partial charge is 0.480 e. The van der Waals surface area contributed by atoms with Crippen molar-refractivity contribution in [2.75, 3.05) is 20.4 Å². The molecule has 0 saturated carbocycles. The first kappa shape index (κ1) is 24.2. The van der Waals surface area contributed by atoms with Gasteiger partial charge in [-0.25, -0.2) is 4.79 Å². The van der Waals surface area contributed by atoms with Crippen LogP contribution in [0.1, 0.15) is 22.5 Å². The Kier molecular flexibility index (Phi) is 8.05. The fourth-order valence-corrected chi connectivity index (χ4v) is 3.49. The fraction of sp³-hybridized carbons (Fsp3) is 0.261. The monoisotopic (exact) mass is 473 g/mol. The Morgan fingerprint density at radius 1 is 1.12 bits per heavy atom. The number of aromatic amines is 1. The minimum atomic E-state index is -1.96. The number of nitrogens with one attached hydrogen (secondary N) is 3. The maximum absolute atomic E-state index is 13.1. The minimum Gasteiger partial charge on any atom is -0.480 e. The standard InChI is InChI=1S/C23H24ClN3O6/c1-32-14-25-22(31)23(33-13-20(28)29,10-9-15-5-3-2-4-6-15)27-21(30)19-12-16-11-17(24)7-8-18(16)26-19/h2-8,11-12,26H,9-10,13-14H2,1H3,(H,25,31)(H,27,30)(H,28,29)/t23-/m1/s1. The molecule has 2 aromatic carbocycles. The number of methoxy groups -OCH3 is 1. The molecular formula is C23H24ClN3O6. The maximum atomic E-state index is 13.1. The first-order valence-corrected chi connectivity index (χ1v) is 10.5. The van der Waals surface area contributed by atoms with E-state index in [0.717, 1.165) is 5.56 Å². The van der Waals surface area contributed by atoms with Gasteiger partial charge < -0.3 is 30.2 Å². The molecule has 1 heterocycles. The second-order valence-electron chi connectivity index (χ2n) is 7.30. The number of rotatable bonds is 11. The minimum absolute atomic E-state index is 0.0162. The van der Waals surface area contributed by atoms with Crippen LogP contribution in [0.15, 0.2) is 54.6 Å². The van der Waals surface area contributed by atoms with E-state index in [4.69, 9.17) is 21.1 Å². The van der Waals surface area contributed by atoms with Gasteiger partial charge in [-0.05, 0) is 36.2 Å². The molecule has 0 aliphatic carbocycles. The summed E-state index contributed by atoms with van der Waals surface area (Å²) in [5, 5.41) is 15.5. The molecule has 0 fully saturated rings. The number of aliphatic carboxylic acids is 1. The van der Waals surface area contributed by atoms with Crippen LogP contribution in [0.25, 0.3) is 10.9 Å². The summed E-state index contributed by atoms with van der Waals surface area (Å²) in [4.78, 5) is 40.4. The van der Waals surface area contributed by atoms with Crippen molar-refractivity contribution >= 4 is 40.3 Å². The third kappa shape index (κ3) is 6.32. The molecule has 174 valence electrons. The number of aryl methyl sites for hydroxylation is 1. The summed E-state index contributed by atoms with van der Waals surface area (Å²) in [6.07, 6.45) is 0.321. The highest BCUT2D eigenvalue weighted by molar-refractivity contribution is 6.31. The Morgan fingerprint density at radius 3 is 2.58 bits per heavy atom. The lowest BCUT2D eigenvalue weighted by Crippen LogP contribution is -2.61. The normalized spacial score (nSPS) is 12.8. The molecular weight excluding hydrogens is 450 g/mol. The van der Waals surface area contributed by atoms with Crippen LogP contribution in [0.4, 0.5) is 0 Å². The Hall–Kier alpha value is -3.40. The molecule has 0 spiro atoms. The van der Waals surface area contributed by atoms with Gasteiger partial charge in [0, 0.05) is 29.5 Å². The highest BCUT2D eigenvalue weighted by atomic mass is 35.5. The van der Waals surface area contributed by atoms with Crippen LogP contribution in [0.3, 0.4) is 0 Å². The molecule has 9 nitrogen and oxygen atoms in total. The van der Waals surface area contributed by atoms with Crippen LogP contribution in [0, 0.1) is 0 Å². The maximum Gasteiger partial charge on any atom is 0.329 e. The Morgan fingerprint density at radius 2 is 1.88 bits per heavy atom. The van der Waals surface area contributed by atoms with Crippen LogP contribution in [0.2, 0.25) is 5.02 Å². The molecule has 0 radical (unpaired) electrons. The summed E-state index contributed by atoms with van der Waals surface area (Å²) < 4.78 is 10.4. The number of ether oxygens (including phenoxy) is 2. The van der Waals surface area contributed by atoms with Crippen molar-refractivity contribution in [2.45, 2.75) is 18.6 Å². The molecule has 1 aromatic heterocycles. The molecule has 33 heavy (non-hydrogen) atoms. The molecule has 0 bridgehead atoms. The predicted octanol–water partition coefficient (Wildman–Crippen LogP) is 2.70. The number of halogens is 1. The van der Waals surface area contributed by atoms with E-state index < -0.39 is 30.1 Å². The molecule has 4 N–H and O–H groups in total. The van der Waals surface area contributed by atoms with Crippen LogP contribution < -0.4 is 10.6 Å². The second kappa shape index (κ2) is 11.0. The van der Waals surface area contributed by atoms with E-state index in [-0.39, 0.29) is 18.8 Å². The number of carbonyl (C=O) groups is 3. The van der Waals surface area contributed by atoms with Crippen LogP contribution in [0.5, 0.6) is 0 Å². The smallest absolute Gasteiger partial charge is 0.329 e. The number of carboxylic acids is 1. The molecule has 3 aromatic rings. The Balaban J connectivity index is 1.92. The SMILES string of the molecule is COCNC(=O)[C@](CCc1ccccc1)(NC(=O)c1cc2cc(Cl)ccc2[nH]1)OCC(=O)O. The van der Waals surface area contributed by atoms with Crippen molar-refractivity contribution in [3.05, 3.63) is 70.9 Å². The van der Waals surface area contributed by atoms with Gasteiger partial charge in [-0.15, -0.1) is 0 Å². The van der Waals surface area contributed by atoms with E-state index in [1.54, 1.807) is 24.3 Å². The van der Waals surface area contributed by atoms with Gasteiger partial charge in [0.25, 0.3) is 11.8 Å². The van der Waals surface area contributed by atoms with Crippen LogP contribution >= 0.6 is 11.6 Å². The topological polar surface area (TPSA) is 130 Å². The number of hydrogen-bond donors (Lipinski definition) is 4. The van der Waals surface area contributed by atoms with E-state index in [1.807, 2.05) is 30.3 Å². The third-order valence-electron chi connectivity index (χ3n) is 4.94. The quantitative estimate of drug-likeness (QED) is 0.317. The van der Waals surface area contributed by atoms with Crippen molar-refractivity contribution in [2.24, 2.45) is 0 Å². The highest BCUT2D eigenvalue weighted by Crippen LogP contribution is 2.22. The zero-order chi connectivity index (χ0) is 23.8. The molecule has 10 heteroatoms. The number of amides is 2. The number of carbonyl (C=O) groups excluding carboxylic acids is 2. The first-order chi connectivity index (χ1) is 15.8. The summed E-state index contributed by atoms with van der Waals surface area (Å²) in [5.74, 6) is -2.66. The average molecular weight is 474 g/mol. The van der Waals surface area contributed by atoms with E-state index >= 15 is 0 Å². The fourth-order valence-electron chi connectivity index (χ4n) is 3.31. The summed E-state index contributed by atoms with van der Waals surface area (Å²) in [6.45, 7) is -0.944. The van der Waals surface area contributed by atoms with Crippen LogP contribution in [-0.4, -0.2) is 54.0 Å². The van der Waals surface area contributed by atoms with Gasteiger partial charge in [0.05, 0.1) is 0 Å². The van der Waals surface area contributed by atoms with Crippen molar-refractivity contribution in [1.82, 2.24) is 15.6 Å². The van der Waals surface area contributed by atoms with Crippen molar-refractivity contribution in [1.29, 1.82) is 0 Å². The lowest BCUT2D eigenvalue weighted by molar-refractivity contribution is -0.163. The Labute approximate surface area is 195 Å². The van der Waals surface area contributed by atoms with Gasteiger partial charge >= 0.3 is 5.97 Å². The van der Waals surface area contributed by atoms with Gasteiger partial charge in [0.15, 0.2) is 0 Å². The van der Waals surface area contributed by atoms with Gasteiger partial charge in [-0.2, -0.15) is 0 Å². The zero-order valence-corrected chi connectivity index (χ0v) is 18.6. The molecule has 0 aliphatic heterocycles. The van der Waals surface area contributed by atoms with Gasteiger partial charge in [0.1, 0.15) is 19.0 Å². The number of hydrogen-bond acceptors (Lipinski definition) is 5. The second-order valence-corrected chi connectivity index (χ2v) is 7.74. The zero-order valence-electron chi connectivity index (χ0n) is 17.9. The van der Waals surface area contributed by atoms with E-state index in [0.29, 0.717) is 22.3 Å². The molecule has 2 amide bonds. The highest BCUT2D eigenvalue weighted by Gasteiger charge is 2.42. The van der Waals surface area contributed by atoms with Crippen molar-refractivity contribution in [3.63, 3.8) is 0 Å². The van der Waals surface area contributed by atoms with Gasteiger partial charge in [-0.1, -0.05) is 41.9 Å². The Bertz CT molecular complexity index is 1130. The number of carboxylic acid groups (broad SMARTS) is 1. The lowest BCUT2D eigenvalue weighted by atomic mass is 10.0. The summed E-state index contributed by atoms with van der Waals surface area (Å²) >= 11 is 6.02. The molecule has 1 atom stereocenters. The first-order valence-electron chi connectivity index (χ1n) is 10.1. The van der Waals surface area contributed by atoms with E-state index in [2.05, 4.69) is 15.6 Å². The number of fused-ring (bicyclic) bond motifs is 1. The molecule has 3 rings (SSSR count). The molecule has 0 saturated heterocycles. The van der Waals surface area contributed by atoms with Crippen LogP contribution in [-0.2, 0) is 25.5 Å². The molecule has 0 unspecified atom stereocenters. The van der Waals surface area contributed by atoms with E-state index in [1.165, 1.54) is 7.11 Å². The summed E-state index contributed by atoms with van der Waals surface area (Å²) in [5.41, 5.74) is -0.238. The number of aromatic nitrogens is 1. The lowest BCUT2D eigenvalue weighted by Gasteiger charge is -2.32. The molecule has 0 aliphatic rings. The summed E-state index contributed by atoms with van der Waals surface area (Å²) in [6, 6.07) is 15.9. The van der Waals surface area contributed by atoms with E-state index in [9.17, 15) is 19.5 Å². The summed E-state index contributed by atoms with van der Waals surface area (Å²) in [7, 11) is 1.39. The predicted molar refractivity (Wildman–Crippen MR) is 122 cm³/mol. The van der Waals surface area contributed by atoms with Gasteiger partial charge in [-0.3, -0.25) is 9.59 Å².